The molecule has 6 heteroatoms. The molecule has 1 rings (SSSR count). The van der Waals surface area contributed by atoms with Gasteiger partial charge in [-0.1, -0.05) is 13.8 Å². The average molecular weight is 275 g/mol. The fourth-order valence-electron chi connectivity index (χ4n) is 1.56. The first-order valence-corrected chi connectivity index (χ1v) is 6.13. The van der Waals surface area contributed by atoms with E-state index in [0.717, 1.165) is 0 Å². The summed E-state index contributed by atoms with van der Waals surface area (Å²) in [4.78, 5) is 23.3. The molecular formula is C14H17N3O3. The molecule has 0 saturated heterocycles. The minimum absolute atomic E-state index is 0.0887. The quantitative estimate of drug-likeness (QED) is 0.821. The molecule has 0 radical (unpaired) electrons. The zero-order chi connectivity index (χ0) is 15.1. The fraction of sp³-hybridized carbons (Fsp3) is 0.357. The molecule has 2 N–H and O–H groups in total. The number of ether oxygens (including phenoxy) is 1. The lowest BCUT2D eigenvalue weighted by atomic mass is 10.1. The number of carbonyl (C=O) groups is 2. The van der Waals surface area contributed by atoms with Gasteiger partial charge < -0.3 is 15.4 Å². The van der Waals surface area contributed by atoms with Crippen molar-refractivity contribution in [1.29, 1.82) is 5.26 Å². The Hall–Kier alpha value is -2.55. The Kier molecular flexibility index (Phi) is 5.54. The number of nitrogens with zero attached hydrogens (tertiary/aromatic N) is 1. The molecule has 1 aromatic carbocycles. The van der Waals surface area contributed by atoms with E-state index in [1.165, 1.54) is 7.11 Å². The molecule has 1 atom stereocenters. The summed E-state index contributed by atoms with van der Waals surface area (Å²) in [6, 6.07) is 7.19. The summed E-state index contributed by atoms with van der Waals surface area (Å²) in [6.07, 6.45) is 0. The predicted molar refractivity (Wildman–Crippen MR) is 74.0 cm³/mol. The molecule has 0 bridgehead atoms. The lowest BCUT2D eigenvalue weighted by molar-refractivity contribution is -0.143. The van der Waals surface area contributed by atoms with Gasteiger partial charge in [-0.2, -0.15) is 5.26 Å². The monoisotopic (exact) mass is 275 g/mol. The third-order valence-electron chi connectivity index (χ3n) is 2.68. The molecule has 0 saturated carbocycles. The summed E-state index contributed by atoms with van der Waals surface area (Å²) in [5.74, 6) is -0.579. The van der Waals surface area contributed by atoms with Gasteiger partial charge >= 0.3 is 12.0 Å². The van der Waals surface area contributed by atoms with Crippen LogP contribution in [0.25, 0.3) is 0 Å². The van der Waals surface area contributed by atoms with E-state index in [9.17, 15) is 9.59 Å². The van der Waals surface area contributed by atoms with Gasteiger partial charge in [0.15, 0.2) is 0 Å². The van der Waals surface area contributed by atoms with E-state index in [-0.39, 0.29) is 5.92 Å². The van der Waals surface area contributed by atoms with Crippen LogP contribution >= 0.6 is 0 Å². The van der Waals surface area contributed by atoms with Crippen LogP contribution in [0.3, 0.4) is 0 Å². The molecule has 2 amide bonds. The number of urea groups is 1. The summed E-state index contributed by atoms with van der Waals surface area (Å²) < 4.78 is 4.64. The number of anilines is 1. The van der Waals surface area contributed by atoms with E-state index in [4.69, 9.17) is 5.26 Å². The molecule has 0 aliphatic heterocycles. The molecule has 0 fully saturated rings. The van der Waals surface area contributed by atoms with Gasteiger partial charge in [-0.3, -0.25) is 0 Å². The molecule has 106 valence electrons. The lowest BCUT2D eigenvalue weighted by Gasteiger charge is -2.20. The first-order valence-electron chi connectivity index (χ1n) is 6.13. The summed E-state index contributed by atoms with van der Waals surface area (Å²) >= 11 is 0. The maximum Gasteiger partial charge on any atom is 0.328 e. The third-order valence-corrected chi connectivity index (χ3v) is 2.68. The highest BCUT2D eigenvalue weighted by Crippen LogP contribution is 2.09. The number of nitriles is 1. The normalized spacial score (nSPS) is 11.3. The fourth-order valence-corrected chi connectivity index (χ4v) is 1.56. The van der Waals surface area contributed by atoms with Crippen molar-refractivity contribution in [2.24, 2.45) is 5.92 Å². The summed E-state index contributed by atoms with van der Waals surface area (Å²) in [6.45, 7) is 3.62. The number of hydrogen-bond donors (Lipinski definition) is 2. The maximum absolute atomic E-state index is 11.8. The highest BCUT2D eigenvalue weighted by molar-refractivity contribution is 5.92. The van der Waals surface area contributed by atoms with Crippen LogP contribution < -0.4 is 10.6 Å². The van der Waals surface area contributed by atoms with Crippen molar-refractivity contribution in [3.8, 4) is 6.07 Å². The highest BCUT2D eigenvalue weighted by Gasteiger charge is 2.24. The van der Waals surface area contributed by atoms with Gasteiger partial charge in [-0.05, 0) is 30.2 Å². The van der Waals surface area contributed by atoms with Crippen molar-refractivity contribution in [2.45, 2.75) is 19.9 Å². The van der Waals surface area contributed by atoms with Crippen LogP contribution in [0.2, 0.25) is 0 Å². The number of esters is 1. The van der Waals surface area contributed by atoms with E-state index in [0.29, 0.717) is 11.3 Å². The molecule has 1 aromatic rings. The third kappa shape index (κ3) is 4.28. The zero-order valence-electron chi connectivity index (χ0n) is 11.6. The Bertz CT molecular complexity index is 517. The molecule has 0 aliphatic carbocycles. The van der Waals surface area contributed by atoms with Crippen molar-refractivity contribution in [3.63, 3.8) is 0 Å². The van der Waals surface area contributed by atoms with Gasteiger partial charge in [0, 0.05) is 5.69 Å². The average Bonchev–Trinajstić information content (AvgIpc) is 2.44. The molecule has 0 aromatic heterocycles. The lowest BCUT2D eigenvalue weighted by Crippen LogP contribution is -2.46. The van der Waals surface area contributed by atoms with E-state index >= 15 is 0 Å². The van der Waals surface area contributed by atoms with Crippen LogP contribution in [-0.2, 0) is 9.53 Å². The van der Waals surface area contributed by atoms with Crippen molar-refractivity contribution < 1.29 is 14.3 Å². The smallest absolute Gasteiger partial charge is 0.328 e. The Morgan fingerprint density at radius 1 is 1.25 bits per heavy atom. The Balaban J connectivity index is 2.65. The SMILES string of the molecule is COC(=O)C(NC(=O)Nc1ccc(C#N)cc1)C(C)C. The molecule has 0 spiro atoms. The number of rotatable bonds is 4. The van der Waals surface area contributed by atoms with Gasteiger partial charge in [0.2, 0.25) is 0 Å². The Morgan fingerprint density at radius 2 is 1.85 bits per heavy atom. The van der Waals surface area contributed by atoms with Crippen LogP contribution in [0.5, 0.6) is 0 Å². The molecule has 0 heterocycles. The van der Waals surface area contributed by atoms with Gasteiger partial charge in [0.1, 0.15) is 6.04 Å². The van der Waals surface area contributed by atoms with E-state index in [2.05, 4.69) is 15.4 Å². The van der Waals surface area contributed by atoms with Crippen molar-refractivity contribution >= 4 is 17.7 Å². The molecular weight excluding hydrogens is 258 g/mol. The minimum Gasteiger partial charge on any atom is -0.467 e. The van der Waals surface area contributed by atoms with Crippen molar-refractivity contribution in [3.05, 3.63) is 29.8 Å². The number of methoxy groups -OCH3 is 1. The second kappa shape index (κ2) is 7.14. The van der Waals surface area contributed by atoms with Crippen molar-refractivity contribution in [1.82, 2.24) is 5.32 Å². The van der Waals surface area contributed by atoms with Crippen LogP contribution in [0, 0.1) is 17.2 Å². The van der Waals surface area contributed by atoms with Crippen LogP contribution in [0.15, 0.2) is 24.3 Å². The summed E-state index contributed by atoms with van der Waals surface area (Å²) in [7, 11) is 1.28. The second-order valence-corrected chi connectivity index (χ2v) is 4.53. The largest absolute Gasteiger partial charge is 0.467 e. The second-order valence-electron chi connectivity index (χ2n) is 4.53. The number of amides is 2. The minimum atomic E-state index is -0.710. The first kappa shape index (κ1) is 15.5. The standard InChI is InChI=1S/C14H17N3O3/c1-9(2)12(13(18)20-3)17-14(19)16-11-6-4-10(8-15)5-7-11/h4-7,9,12H,1-3H3,(H2,16,17,19). The molecule has 0 aliphatic rings. The van der Waals surface area contributed by atoms with Gasteiger partial charge in [0.25, 0.3) is 0 Å². The molecule has 20 heavy (non-hydrogen) atoms. The summed E-state index contributed by atoms with van der Waals surface area (Å²) in [5.41, 5.74) is 1.04. The van der Waals surface area contributed by atoms with Crippen LogP contribution in [-0.4, -0.2) is 25.2 Å². The maximum atomic E-state index is 11.8. The van der Waals surface area contributed by atoms with Crippen LogP contribution in [0.4, 0.5) is 10.5 Å². The first-order chi connectivity index (χ1) is 9.47. The van der Waals surface area contributed by atoms with Gasteiger partial charge in [-0.15, -0.1) is 0 Å². The van der Waals surface area contributed by atoms with E-state index < -0.39 is 18.0 Å². The topological polar surface area (TPSA) is 91.2 Å². The number of hydrogen-bond acceptors (Lipinski definition) is 4. The Morgan fingerprint density at radius 3 is 2.30 bits per heavy atom. The van der Waals surface area contributed by atoms with E-state index in [1.54, 1.807) is 24.3 Å². The molecule has 6 nitrogen and oxygen atoms in total. The van der Waals surface area contributed by atoms with E-state index in [1.807, 2.05) is 19.9 Å². The molecule has 1 unspecified atom stereocenters. The zero-order valence-corrected chi connectivity index (χ0v) is 11.6. The Labute approximate surface area is 117 Å². The highest BCUT2D eigenvalue weighted by atomic mass is 16.5. The van der Waals surface area contributed by atoms with Crippen molar-refractivity contribution in [2.75, 3.05) is 12.4 Å². The predicted octanol–water partition coefficient (Wildman–Crippen LogP) is 1.88. The van der Waals surface area contributed by atoms with Gasteiger partial charge in [-0.25, -0.2) is 9.59 Å². The van der Waals surface area contributed by atoms with Crippen LogP contribution in [0.1, 0.15) is 19.4 Å². The number of benzene rings is 1. The number of carbonyl (C=O) groups excluding carboxylic acids is 2. The summed E-state index contributed by atoms with van der Waals surface area (Å²) in [5, 5.41) is 13.8. The van der Waals surface area contributed by atoms with Gasteiger partial charge in [0.05, 0.1) is 18.7 Å². The number of nitrogens with one attached hydrogen (secondary N) is 2.